The Kier molecular flexibility index (Phi) is 5.02. The van der Waals surface area contributed by atoms with Gasteiger partial charge in [0.05, 0.1) is 11.6 Å². The van der Waals surface area contributed by atoms with Crippen molar-refractivity contribution in [1.29, 1.82) is 0 Å². The molecule has 0 bridgehead atoms. The summed E-state index contributed by atoms with van der Waals surface area (Å²) in [6.45, 7) is 4.04. The lowest BCUT2D eigenvalue weighted by molar-refractivity contribution is 0.0957. The van der Waals surface area contributed by atoms with Gasteiger partial charge in [-0.1, -0.05) is 22.5 Å². The first-order chi connectivity index (χ1) is 7.54. The van der Waals surface area contributed by atoms with Crippen molar-refractivity contribution in [3.63, 3.8) is 0 Å². The van der Waals surface area contributed by atoms with E-state index < -0.39 is 0 Å². The molecule has 0 saturated carbocycles. The molecule has 3 nitrogen and oxygen atoms in total. The van der Waals surface area contributed by atoms with Crippen molar-refractivity contribution in [2.24, 2.45) is 0 Å². The Hall–Kier alpha value is -0.810. The maximum Gasteiger partial charge on any atom is 0.251 e. The van der Waals surface area contributed by atoms with E-state index in [0.717, 1.165) is 8.96 Å². The number of hydrogen-bond donors (Lipinski definition) is 1. The minimum Gasteiger partial charge on any atom is -0.496 e. The maximum atomic E-state index is 11.7. The van der Waals surface area contributed by atoms with E-state index in [4.69, 9.17) is 4.74 Å². The number of carbonyl (C=O) groups excluding carboxylic acids is 1. The molecule has 0 spiro atoms. The third-order valence-electron chi connectivity index (χ3n) is 1.85. The monoisotopic (exact) mass is 347 g/mol. The molecule has 1 amide bonds. The van der Waals surface area contributed by atoms with Gasteiger partial charge in [0.2, 0.25) is 0 Å². The highest BCUT2D eigenvalue weighted by Gasteiger charge is 2.08. The molecule has 0 aliphatic carbocycles. The minimum atomic E-state index is -0.149. The molecule has 0 aromatic heterocycles. The number of rotatable bonds is 4. The average Bonchev–Trinajstić information content (AvgIpc) is 2.25. The number of halogens is 2. The lowest BCUT2D eigenvalue weighted by Crippen LogP contribution is -2.24. The molecular weight excluding hydrogens is 338 g/mol. The summed E-state index contributed by atoms with van der Waals surface area (Å²) in [7, 11) is 1.58. The van der Waals surface area contributed by atoms with Crippen LogP contribution >= 0.6 is 31.9 Å². The van der Waals surface area contributed by atoms with Crippen LogP contribution in [0.25, 0.3) is 0 Å². The molecule has 0 aliphatic rings. The highest BCUT2D eigenvalue weighted by atomic mass is 79.9. The van der Waals surface area contributed by atoms with Gasteiger partial charge in [-0.3, -0.25) is 4.79 Å². The van der Waals surface area contributed by atoms with Crippen LogP contribution < -0.4 is 10.1 Å². The van der Waals surface area contributed by atoms with Crippen LogP contribution in [0.5, 0.6) is 5.75 Å². The molecule has 1 aromatic rings. The molecule has 0 unspecified atom stereocenters. The van der Waals surface area contributed by atoms with E-state index in [1.165, 1.54) is 0 Å². The van der Waals surface area contributed by atoms with Gasteiger partial charge in [-0.2, -0.15) is 0 Å². The van der Waals surface area contributed by atoms with Gasteiger partial charge in [0.25, 0.3) is 5.91 Å². The van der Waals surface area contributed by atoms with E-state index in [-0.39, 0.29) is 5.91 Å². The van der Waals surface area contributed by atoms with Crippen LogP contribution in [0.2, 0.25) is 0 Å². The Morgan fingerprint density at radius 3 is 2.75 bits per heavy atom. The Morgan fingerprint density at radius 1 is 1.56 bits per heavy atom. The highest BCUT2D eigenvalue weighted by Crippen LogP contribution is 2.25. The smallest absolute Gasteiger partial charge is 0.251 e. The zero-order valence-corrected chi connectivity index (χ0v) is 11.9. The molecule has 0 aliphatic heterocycles. The Morgan fingerprint density at radius 2 is 2.25 bits per heavy atom. The molecule has 1 aromatic carbocycles. The van der Waals surface area contributed by atoms with Crippen LogP contribution in [0.15, 0.2) is 33.7 Å². The van der Waals surface area contributed by atoms with E-state index in [1.807, 2.05) is 0 Å². The van der Waals surface area contributed by atoms with Gasteiger partial charge < -0.3 is 10.1 Å². The molecule has 0 saturated heterocycles. The SMILES string of the molecule is C=C(Br)CNC(=O)c1ccc(OC)c(Br)c1. The van der Waals surface area contributed by atoms with E-state index in [1.54, 1.807) is 25.3 Å². The number of benzene rings is 1. The second-order valence-corrected chi connectivity index (χ2v) is 5.03. The second-order valence-electron chi connectivity index (χ2n) is 3.05. The third-order valence-corrected chi connectivity index (χ3v) is 2.75. The summed E-state index contributed by atoms with van der Waals surface area (Å²) in [4.78, 5) is 11.7. The third kappa shape index (κ3) is 3.64. The molecule has 1 rings (SSSR count). The summed E-state index contributed by atoms with van der Waals surface area (Å²) in [6, 6.07) is 5.16. The summed E-state index contributed by atoms with van der Waals surface area (Å²) < 4.78 is 6.56. The van der Waals surface area contributed by atoms with E-state index >= 15 is 0 Å². The Bertz CT molecular complexity index is 418. The van der Waals surface area contributed by atoms with Crippen LogP contribution in [-0.2, 0) is 0 Å². The molecule has 5 heteroatoms. The first-order valence-electron chi connectivity index (χ1n) is 4.49. The molecule has 0 atom stereocenters. The number of carbonyl (C=O) groups is 1. The van der Waals surface area contributed by atoms with Gasteiger partial charge in [0.1, 0.15) is 5.75 Å². The van der Waals surface area contributed by atoms with Gasteiger partial charge in [0, 0.05) is 16.6 Å². The predicted molar refractivity (Wildman–Crippen MR) is 71.1 cm³/mol. The van der Waals surface area contributed by atoms with Crippen molar-refractivity contribution in [2.75, 3.05) is 13.7 Å². The first kappa shape index (κ1) is 13.3. The number of nitrogens with one attached hydrogen (secondary N) is 1. The van der Waals surface area contributed by atoms with Crippen molar-refractivity contribution >= 4 is 37.8 Å². The Balaban J connectivity index is 2.77. The van der Waals surface area contributed by atoms with Gasteiger partial charge in [-0.05, 0) is 34.1 Å². The van der Waals surface area contributed by atoms with Crippen LogP contribution in [0.4, 0.5) is 0 Å². The molecule has 16 heavy (non-hydrogen) atoms. The standard InChI is InChI=1S/C11H11Br2NO2/c1-7(12)6-14-11(15)8-3-4-10(16-2)9(13)5-8/h3-5H,1,6H2,2H3,(H,14,15). The highest BCUT2D eigenvalue weighted by molar-refractivity contribution is 9.11. The van der Waals surface area contributed by atoms with Crippen LogP contribution in [-0.4, -0.2) is 19.6 Å². The van der Waals surface area contributed by atoms with Crippen molar-refractivity contribution in [2.45, 2.75) is 0 Å². The average molecular weight is 349 g/mol. The molecule has 0 fully saturated rings. The summed E-state index contributed by atoms with van der Waals surface area (Å²) in [5.41, 5.74) is 0.571. The topological polar surface area (TPSA) is 38.3 Å². The van der Waals surface area contributed by atoms with E-state index in [9.17, 15) is 4.79 Å². The molecule has 86 valence electrons. The van der Waals surface area contributed by atoms with Gasteiger partial charge >= 0.3 is 0 Å². The summed E-state index contributed by atoms with van der Waals surface area (Å²) in [6.07, 6.45) is 0. The lowest BCUT2D eigenvalue weighted by atomic mass is 10.2. The van der Waals surface area contributed by atoms with Gasteiger partial charge in [0.15, 0.2) is 0 Å². The zero-order valence-electron chi connectivity index (χ0n) is 8.72. The molecule has 0 radical (unpaired) electrons. The molecule has 1 N–H and O–H groups in total. The maximum absolute atomic E-state index is 11.7. The summed E-state index contributed by atoms with van der Waals surface area (Å²) >= 11 is 6.50. The van der Waals surface area contributed by atoms with Crippen molar-refractivity contribution < 1.29 is 9.53 Å². The summed E-state index contributed by atoms with van der Waals surface area (Å²) in [5, 5.41) is 2.72. The molecular formula is C11H11Br2NO2. The fraction of sp³-hybridized carbons (Fsp3) is 0.182. The Labute approximate surface area is 111 Å². The van der Waals surface area contributed by atoms with Crippen LogP contribution in [0.1, 0.15) is 10.4 Å². The fourth-order valence-electron chi connectivity index (χ4n) is 1.09. The van der Waals surface area contributed by atoms with E-state index in [0.29, 0.717) is 17.9 Å². The quantitative estimate of drug-likeness (QED) is 0.907. The number of amides is 1. The zero-order chi connectivity index (χ0) is 12.1. The van der Waals surface area contributed by atoms with Gasteiger partial charge in [-0.15, -0.1) is 0 Å². The van der Waals surface area contributed by atoms with Gasteiger partial charge in [-0.25, -0.2) is 0 Å². The lowest BCUT2D eigenvalue weighted by Gasteiger charge is -2.07. The first-order valence-corrected chi connectivity index (χ1v) is 6.08. The normalized spacial score (nSPS) is 9.69. The minimum absolute atomic E-state index is 0.149. The van der Waals surface area contributed by atoms with E-state index in [2.05, 4.69) is 43.8 Å². The second kappa shape index (κ2) is 6.06. The predicted octanol–water partition coefficient (Wildman–Crippen LogP) is 3.10. The summed E-state index contributed by atoms with van der Waals surface area (Å²) in [5.74, 6) is 0.547. The van der Waals surface area contributed by atoms with Crippen molar-refractivity contribution in [3.8, 4) is 5.75 Å². The largest absolute Gasteiger partial charge is 0.496 e. The fourth-order valence-corrected chi connectivity index (χ4v) is 1.77. The van der Waals surface area contributed by atoms with Crippen LogP contribution in [0, 0.1) is 0 Å². The van der Waals surface area contributed by atoms with Crippen molar-refractivity contribution in [3.05, 3.63) is 39.3 Å². The van der Waals surface area contributed by atoms with Crippen molar-refractivity contribution in [1.82, 2.24) is 5.32 Å². The number of methoxy groups -OCH3 is 1. The molecule has 0 heterocycles. The van der Waals surface area contributed by atoms with Crippen LogP contribution in [0.3, 0.4) is 0 Å². The number of hydrogen-bond acceptors (Lipinski definition) is 2. The number of ether oxygens (including phenoxy) is 1.